The maximum absolute atomic E-state index is 14.5. The molecule has 0 saturated carbocycles. The van der Waals surface area contributed by atoms with Crippen molar-refractivity contribution in [1.29, 1.82) is 0 Å². The zero-order valence-corrected chi connectivity index (χ0v) is 14.5. The Labute approximate surface area is 140 Å². The third kappa shape index (κ3) is 3.17. The van der Waals surface area contributed by atoms with E-state index in [0.717, 1.165) is 5.69 Å². The van der Waals surface area contributed by atoms with E-state index in [1.165, 1.54) is 6.08 Å². The van der Waals surface area contributed by atoms with Crippen molar-refractivity contribution in [3.05, 3.63) is 23.0 Å². The Bertz CT molecular complexity index is 690. The van der Waals surface area contributed by atoms with Crippen LogP contribution >= 0.6 is 0 Å². The molecule has 0 bridgehead atoms. The van der Waals surface area contributed by atoms with E-state index in [-0.39, 0.29) is 12.6 Å². The minimum Gasteiger partial charge on any atom is -0.444 e. The van der Waals surface area contributed by atoms with Gasteiger partial charge in [-0.05, 0) is 40.2 Å². The number of hydrogen-bond donors (Lipinski definition) is 1. The summed E-state index contributed by atoms with van der Waals surface area (Å²) in [5.41, 5.74) is 1.32. The minimum atomic E-state index is -0.813. The van der Waals surface area contributed by atoms with Crippen molar-refractivity contribution in [2.75, 3.05) is 0 Å². The number of halogens is 1. The van der Waals surface area contributed by atoms with Crippen LogP contribution in [0.3, 0.4) is 0 Å². The Balaban J connectivity index is 1.93. The molecule has 1 aromatic heterocycles. The molecular weight excluding hydrogens is 313 g/mol. The van der Waals surface area contributed by atoms with E-state index in [9.17, 15) is 14.3 Å². The Morgan fingerprint density at radius 1 is 1.46 bits per heavy atom. The molecule has 0 aromatic carbocycles. The molecule has 0 saturated heterocycles. The summed E-state index contributed by atoms with van der Waals surface area (Å²) in [6, 6.07) is -0.0656. The minimum absolute atomic E-state index is 0.0656. The lowest BCUT2D eigenvalue weighted by atomic mass is 9.99. The third-order valence-electron chi connectivity index (χ3n) is 4.31. The first-order chi connectivity index (χ1) is 11.2. The van der Waals surface area contributed by atoms with Crippen LogP contribution in [-0.4, -0.2) is 43.6 Å². The van der Waals surface area contributed by atoms with Gasteiger partial charge in [-0.1, -0.05) is 0 Å². The van der Waals surface area contributed by atoms with Gasteiger partial charge in [0.1, 0.15) is 17.1 Å². The molecule has 6 nitrogen and oxygen atoms in total. The summed E-state index contributed by atoms with van der Waals surface area (Å²) in [5, 5.41) is 14.2. The predicted molar refractivity (Wildman–Crippen MR) is 86.9 cm³/mol. The second kappa shape index (κ2) is 5.88. The molecule has 0 aliphatic carbocycles. The van der Waals surface area contributed by atoms with Crippen molar-refractivity contribution in [3.63, 3.8) is 0 Å². The molecule has 3 heterocycles. The van der Waals surface area contributed by atoms with E-state index in [1.807, 2.05) is 27.7 Å². The van der Waals surface area contributed by atoms with Crippen molar-refractivity contribution in [3.8, 4) is 0 Å². The fraction of sp³-hybridized carbons (Fsp3) is 0.647. The van der Waals surface area contributed by atoms with E-state index >= 15 is 0 Å². The molecule has 24 heavy (non-hydrogen) atoms. The zero-order valence-electron chi connectivity index (χ0n) is 14.5. The summed E-state index contributed by atoms with van der Waals surface area (Å²) in [4.78, 5) is 14.1. The number of aryl methyl sites for hydroxylation is 1. The zero-order chi connectivity index (χ0) is 17.6. The Hall–Kier alpha value is -1.89. The highest BCUT2D eigenvalue weighted by Crippen LogP contribution is 2.33. The van der Waals surface area contributed by atoms with Crippen LogP contribution in [0.1, 0.15) is 51.1 Å². The molecule has 2 atom stereocenters. The van der Waals surface area contributed by atoms with Gasteiger partial charge in [0.15, 0.2) is 0 Å². The van der Waals surface area contributed by atoms with Crippen LogP contribution in [0, 0.1) is 0 Å². The van der Waals surface area contributed by atoms with Crippen LogP contribution in [-0.2, 0) is 24.2 Å². The fourth-order valence-corrected chi connectivity index (χ4v) is 3.17. The van der Waals surface area contributed by atoms with Crippen LogP contribution in [0.2, 0.25) is 0 Å². The first-order valence-electron chi connectivity index (χ1n) is 8.29. The lowest BCUT2D eigenvalue weighted by Crippen LogP contribution is -2.45. The number of aromatic nitrogens is 2. The van der Waals surface area contributed by atoms with Gasteiger partial charge in [0.05, 0.1) is 18.3 Å². The molecule has 0 fully saturated rings. The number of carbonyl (C=O) groups is 1. The van der Waals surface area contributed by atoms with Gasteiger partial charge in [-0.25, -0.2) is 9.18 Å². The lowest BCUT2D eigenvalue weighted by molar-refractivity contribution is 0.0137. The normalized spacial score (nSPS) is 23.9. The fourth-order valence-electron chi connectivity index (χ4n) is 3.17. The summed E-state index contributed by atoms with van der Waals surface area (Å²) in [5.74, 6) is -0.479. The number of rotatable bonds is 0. The average molecular weight is 337 g/mol. The Morgan fingerprint density at radius 3 is 2.83 bits per heavy atom. The molecule has 0 unspecified atom stereocenters. The molecule has 1 amide bonds. The standard InChI is InChI=1S/C17H24FN3O3/c1-10-7-14-12(9-20(10)16(23)24-17(2,3)4)15-13(18)8-11(22)5-6-21(15)19-14/h8,10-11,22H,5-7,9H2,1-4H3/t10-,11-/m1/s1. The highest BCUT2D eigenvalue weighted by molar-refractivity contribution is 5.70. The number of hydrogen-bond acceptors (Lipinski definition) is 4. The monoisotopic (exact) mass is 337 g/mol. The van der Waals surface area contributed by atoms with E-state index in [2.05, 4.69) is 5.10 Å². The van der Waals surface area contributed by atoms with Gasteiger partial charge in [0.2, 0.25) is 0 Å². The van der Waals surface area contributed by atoms with Crippen molar-refractivity contribution >= 4 is 11.9 Å². The van der Waals surface area contributed by atoms with Crippen LogP contribution < -0.4 is 0 Å². The Morgan fingerprint density at radius 2 is 2.17 bits per heavy atom. The van der Waals surface area contributed by atoms with Gasteiger partial charge in [-0.2, -0.15) is 5.10 Å². The molecule has 3 rings (SSSR count). The summed E-state index contributed by atoms with van der Waals surface area (Å²) >= 11 is 0. The van der Waals surface area contributed by atoms with E-state index in [1.54, 1.807) is 9.58 Å². The average Bonchev–Trinajstić information content (AvgIpc) is 2.72. The summed E-state index contributed by atoms with van der Waals surface area (Å²) < 4.78 is 21.6. The van der Waals surface area contributed by atoms with Crippen LogP contribution in [0.5, 0.6) is 0 Å². The molecule has 2 aliphatic heterocycles. The van der Waals surface area contributed by atoms with Gasteiger partial charge in [-0.15, -0.1) is 0 Å². The second-order valence-electron chi connectivity index (χ2n) is 7.53. The van der Waals surface area contributed by atoms with Crippen LogP contribution in [0.15, 0.2) is 6.08 Å². The summed E-state index contributed by atoms with van der Waals surface area (Å²) in [6.45, 7) is 8.11. The third-order valence-corrected chi connectivity index (χ3v) is 4.31. The summed E-state index contributed by atoms with van der Waals surface area (Å²) in [7, 11) is 0. The number of nitrogens with zero attached hydrogens (tertiary/aromatic N) is 3. The first-order valence-corrected chi connectivity index (χ1v) is 8.29. The molecule has 132 valence electrons. The largest absolute Gasteiger partial charge is 0.444 e. The second-order valence-corrected chi connectivity index (χ2v) is 7.53. The molecule has 0 radical (unpaired) electrons. The van der Waals surface area contributed by atoms with Gasteiger partial charge in [0.25, 0.3) is 0 Å². The number of ether oxygens (including phenoxy) is 1. The predicted octanol–water partition coefficient (Wildman–Crippen LogP) is 2.64. The highest BCUT2D eigenvalue weighted by Gasteiger charge is 2.35. The lowest BCUT2D eigenvalue weighted by Gasteiger charge is -2.34. The number of aliphatic hydroxyl groups is 1. The first kappa shape index (κ1) is 17.0. The summed E-state index contributed by atoms with van der Waals surface area (Å²) in [6.07, 6.45) is 0.985. The van der Waals surface area contributed by atoms with Gasteiger partial charge < -0.3 is 14.7 Å². The maximum Gasteiger partial charge on any atom is 0.410 e. The molecule has 2 aliphatic rings. The van der Waals surface area contributed by atoms with Crippen molar-refractivity contribution in [2.45, 2.75) is 71.4 Å². The molecular formula is C17H24FN3O3. The number of amides is 1. The van der Waals surface area contributed by atoms with Crippen LogP contribution in [0.4, 0.5) is 9.18 Å². The topological polar surface area (TPSA) is 67.6 Å². The van der Waals surface area contributed by atoms with E-state index < -0.39 is 23.6 Å². The Kier molecular flexibility index (Phi) is 4.15. The smallest absolute Gasteiger partial charge is 0.410 e. The molecule has 0 spiro atoms. The number of carbonyl (C=O) groups excluding carboxylic acids is 1. The number of fused-ring (bicyclic) bond motifs is 3. The van der Waals surface area contributed by atoms with Crippen LogP contribution in [0.25, 0.3) is 5.83 Å². The van der Waals surface area contributed by atoms with Gasteiger partial charge in [0, 0.05) is 24.6 Å². The van der Waals surface area contributed by atoms with E-state index in [0.29, 0.717) is 30.6 Å². The van der Waals surface area contributed by atoms with Gasteiger partial charge in [-0.3, -0.25) is 4.68 Å². The SMILES string of the molecule is C[C@@H]1Cc2nn3c(c2CN1C(=O)OC(C)(C)C)C(F)=C[C@H](O)CC3. The maximum atomic E-state index is 14.5. The molecule has 1 aromatic rings. The van der Waals surface area contributed by atoms with Crippen molar-refractivity contribution in [2.24, 2.45) is 0 Å². The van der Waals surface area contributed by atoms with Crippen molar-refractivity contribution in [1.82, 2.24) is 14.7 Å². The molecule has 7 heteroatoms. The van der Waals surface area contributed by atoms with E-state index in [4.69, 9.17) is 4.74 Å². The van der Waals surface area contributed by atoms with Crippen molar-refractivity contribution < 1.29 is 19.0 Å². The highest BCUT2D eigenvalue weighted by atomic mass is 19.1. The van der Waals surface area contributed by atoms with Gasteiger partial charge >= 0.3 is 6.09 Å². The quantitative estimate of drug-likeness (QED) is 0.790. The molecule has 1 N–H and O–H groups in total. The number of aliphatic hydroxyl groups excluding tert-OH is 1.